The minimum absolute atomic E-state index is 0.380. The maximum atomic E-state index is 13.4. The van der Waals surface area contributed by atoms with Gasteiger partial charge in [0.1, 0.15) is 5.60 Å². The van der Waals surface area contributed by atoms with E-state index in [0.717, 1.165) is 28.5 Å². The zero-order valence-electron chi connectivity index (χ0n) is 16.4. The van der Waals surface area contributed by atoms with Crippen LogP contribution in [0, 0.1) is 5.41 Å². The van der Waals surface area contributed by atoms with Crippen molar-refractivity contribution in [3.8, 4) is 0 Å². The molecule has 0 aromatic heterocycles. The third-order valence-corrected chi connectivity index (χ3v) is 5.53. The monoisotopic (exact) mass is 388 g/mol. The summed E-state index contributed by atoms with van der Waals surface area (Å²) < 4.78 is 45.5. The highest BCUT2D eigenvalue weighted by Crippen LogP contribution is 2.43. The van der Waals surface area contributed by atoms with Crippen molar-refractivity contribution in [2.45, 2.75) is 45.9 Å². The summed E-state index contributed by atoms with van der Waals surface area (Å²) in [7, 11) is 0. The number of carbonyl (C=O) groups excluding carboxylic acids is 1. The smallest absolute Gasteiger partial charge is 0.404 e. The summed E-state index contributed by atoms with van der Waals surface area (Å²) in [5, 5.41) is 4.13. The first-order valence-electron chi connectivity index (χ1n) is 9.21. The number of esters is 1. The van der Waals surface area contributed by atoms with Crippen LogP contribution in [0.25, 0.3) is 21.5 Å². The Kier molecular flexibility index (Phi) is 4.90. The van der Waals surface area contributed by atoms with Crippen LogP contribution in [0.3, 0.4) is 0 Å². The number of rotatable bonds is 4. The van der Waals surface area contributed by atoms with E-state index in [2.05, 4.69) is 6.07 Å². The highest BCUT2D eigenvalue weighted by Gasteiger charge is 2.57. The summed E-state index contributed by atoms with van der Waals surface area (Å²) in [6.45, 7) is 5.44. The van der Waals surface area contributed by atoms with E-state index >= 15 is 0 Å². The third-order valence-electron chi connectivity index (χ3n) is 5.53. The molecule has 2 nitrogen and oxygen atoms in total. The van der Waals surface area contributed by atoms with Crippen LogP contribution in [0.5, 0.6) is 0 Å². The quantitative estimate of drug-likeness (QED) is 0.365. The lowest BCUT2D eigenvalue weighted by atomic mass is 9.86. The zero-order valence-corrected chi connectivity index (χ0v) is 16.4. The summed E-state index contributed by atoms with van der Waals surface area (Å²) in [5.41, 5.74) is -3.08. The molecule has 0 aliphatic heterocycles. The molecule has 0 radical (unpaired) electrons. The lowest BCUT2D eigenvalue weighted by Gasteiger charge is -2.34. The molecular formula is C23H23F3O2. The van der Waals surface area contributed by atoms with Gasteiger partial charge in [-0.3, -0.25) is 4.79 Å². The number of halogens is 3. The van der Waals surface area contributed by atoms with Crippen molar-refractivity contribution >= 4 is 27.5 Å². The van der Waals surface area contributed by atoms with Crippen LogP contribution < -0.4 is 0 Å². The average Bonchev–Trinajstić information content (AvgIpc) is 2.63. The molecule has 0 fully saturated rings. The van der Waals surface area contributed by atoms with Gasteiger partial charge in [0.05, 0.1) is 0 Å². The highest BCUT2D eigenvalue weighted by atomic mass is 19.4. The lowest BCUT2D eigenvalue weighted by molar-refractivity contribution is -0.237. The van der Waals surface area contributed by atoms with Gasteiger partial charge in [-0.05, 0) is 72.5 Å². The Labute approximate surface area is 162 Å². The van der Waals surface area contributed by atoms with Gasteiger partial charge < -0.3 is 4.74 Å². The molecule has 0 saturated heterocycles. The normalized spacial score (nSPS) is 14.8. The van der Waals surface area contributed by atoms with Crippen molar-refractivity contribution in [2.75, 3.05) is 0 Å². The van der Waals surface area contributed by atoms with E-state index in [1.54, 1.807) is 19.9 Å². The molecule has 148 valence electrons. The molecule has 1 atom stereocenters. The maximum absolute atomic E-state index is 13.4. The summed E-state index contributed by atoms with van der Waals surface area (Å²) in [4.78, 5) is 12.4. The van der Waals surface area contributed by atoms with Crippen molar-refractivity contribution in [3.05, 3.63) is 60.2 Å². The fraction of sp³-hybridized carbons (Fsp3) is 0.348. The van der Waals surface area contributed by atoms with Crippen molar-refractivity contribution in [1.82, 2.24) is 0 Å². The van der Waals surface area contributed by atoms with Gasteiger partial charge in [0.25, 0.3) is 0 Å². The van der Waals surface area contributed by atoms with E-state index < -0.39 is 23.2 Å². The number of alkyl halides is 3. The van der Waals surface area contributed by atoms with Crippen LogP contribution >= 0.6 is 0 Å². The molecular weight excluding hydrogens is 365 g/mol. The Morgan fingerprint density at radius 2 is 1.39 bits per heavy atom. The van der Waals surface area contributed by atoms with E-state index in [4.69, 9.17) is 4.74 Å². The standard InChI is InChI=1S/C23H23F3O2/c1-5-22(4,23(24,25)26)20(27)28-21(2,3)19-11-10-17-12-15-8-6-7-9-16(15)13-18(17)14-19/h6-14H,5H2,1-4H3. The van der Waals surface area contributed by atoms with Crippen LogP contribution in [0.1, 0.15) is 39.7 Å². The third kappa shape index (κ3) is 3.46. The van der Waals surface area contributed by atoms with E-state index in [0.29, 0.717) is 5.56 Å². The molecule has 0 amide bonds. The molecule has 0 aliphatic rings. The summed E-state index contributed by atoms with van der Waals surface area (Å²) in [6, 6.07) is 17.6. The lowest BCUT2D eigenvalue weighted by Crippen LogP contribution is -2.45. The first-order chi connectivity index (χ1) is 13.0. The fourth-order valence-corrected chi connectivity index (χ4v) is 3.18. The molecule has 3 rings (SSSR count). The van der Waals surface area contributed by atoms with Crippen molar-refractivity contribution < 1.29 is 22.7 Å². The number of carbonyl (C=O) groups is 1. The maximum Gasteiger partial charge on any atom is 0.404 e. The zero-order chi connectivity index (χ0) is 20.7. The number of hydrogen-bond acceptors (Lipinski definition) is 2. The molecule has 3 aromatic carbocycles. The van der Waals surface area contributed by atoms with Gasteiger partial charge in [-0.25, -0.2) is 0 Å². The highest BCUT2D eigenvalue weighted by molar-refractivity contribution is 5.98. The first kappa shape index (κ1) is 20.2. The summed E-state index contributed by atoms with van der Waals surface area (Å²) >= 11 is 0. The second kappa shape index (κ2) is 6.80. The van der Waals surface area contributed by atoms with Crippen LogP contribution in [0.2, 0.25) is 0 Å². The van der Waals surface area contributed by atoms with Gasteiger partial charge in [-0.15, -0.1) is 0 Å². The number of benzene rings is 3. The molecule has 0 saturated carbocycles. The van der Waals surface area contributed by atoms with Crippen LogP contribution in [-0.2, 0) is 15.1 Å². The average molecular weight is 388 g/mol. The van der Waals surface area contributed by atoms with Crippen LogP contribution in [-0.4, -0.2) is 12.1 Å². The van der Waals surface area contributed by atoms with E-state index in [-0.39, 0.29) is 6.42 Å². The molecule has 3 aromatic rings. The second-order valence-corrected chi connectivity index (χ2v) is 7.84. The predicted molar refractivity (Wildman–Crippen MR) is 105 cm³/mol. The number of fused-ring (bicyclic) bond motifs is 2. The topological polar surface area (TPSA) is 26.3 Å². The molecule has 5 heteroatoms. The minimum atomic E-state index is -4.67. The minimum Gasteiger partial charge on any atom is -0.454 e. The molecule has 0 heterocycles. The van der Waals surface area contributed by atoms with Gasteiger partial charge in [0.15, 0.2) is 5.41 Å². The van der Waals surface area contributed by atoms with Gasteiger partial charge in [-0.1, -0.05) is 43.3 Å². The Bertz CT molecular complexity index is 1040. The Hall–Kier alpha value is -2.56. The summed E-state index contributed by atoms with van der Waals surface area (Å²) in [5.74, 6) is -1.26. The van der Waals surface area contributed by atoms with E-state index in [1.807, 2.05) is 42.5 Å². The number of ether oxygens (including phenoxy) is 1. The van der Waals surface area contributed by atoms with Crippen molar-refractivity contribution in [1.29, 1.82) is 0 Å². The van der Waals surface area contributed by atoms with Crippen LogP contribution in [0.4, 0.5) is 13.2 Å². The predicted octanol–water partition coefficient (Wildman–Crippen LogP) is 6.75. The Morgan fingerprint density at radius 3 is 1.93 bits per heavy atom. The summed E-state index contributed by atoms with van der Waals surface area (Å²) in [6.07, 6.45) is -5.05. The van der Waals surface area contributed by atoms with Gasteiger partial charge in [0.2, 0.25) is 0 Å². The Balaban J connectivity index is 1.97. The van der Waals surface area contributed by atoms with Gasteiger partial charge >= 0.3 is 12.1 Å². The largest absolute Gasteiger partial charge is 0.454 e. The van der Waals surface area contributed by atoms with E-state index in [1.165, 1.54) is 6.92 Å². The molecule has 1 unspecified atom stereocenters. The molecule has 28 heavy (non-hydrogen) atoms. The Morgan fingerprint density at radius 1 is 0.857 bits per heavy atom. The second-order valence-electron chi connectivity index (χ2n) is 7.84. The fourth-order valence-electron chi connectivity index (χ4n) is 3.18. The van der Waals surface area contributed by atoms with Crippen LogP contribution in [0.15, 0.2) is 54.6 Å². The molecule has 0 N–H and O–H groups in total. The van der Waals surface area contributed by atoms with Crippen molar-refractivity contribution in [2.24, 2.45) is 5.41 Å². The molecule has 0 aliphatic carbocycles. The number of hydrogen-bond donors (Lipinski definition) is 0. The molecule has 0 bridgehead atoms. The van der Waals surface area contributed by atoms with Gasteiger partial charge in [-0.2, -0.15) is 13.2 Å². The first-order valence-corrected chi connectivity index (χ1v) is 9.21. The molecule has 0 spiro atoms. The SMILES string of the molecule is CCC(C)(C(=O)OC(C)(C)c1ccc2cc3ccccc3cc2c1)C(F)(F)F. The van der Waals surface area contributed by atoms with E-state index in [9.17, 15) is 18.0 Å². The van der Waals surface area contributed by atoms with Crippen molar-refractivity contribution in [3.63, 3.8) is 0 Å². The van der Waals surface area contributed by atoms with Gasteiger partial charge in [0, 0.05) is 0 Å².